The SMILES string of the molecule is COC(=O)Cn1c(=NC(=O)C2CCCN2S(=O)(=O)c2ccc(F)cc2)sc2cc(S(N)(=O)=O)ccc21. The van der Waals surface area contributed by atoms with Crippen molar-refractivity contribution in [3.05, 3.63) is 53.1 Å². The highest BCUT2D eigenvalue weighted by molar-refractivity contribution is 7.89. The molecule has 15 heteroatoms. The molecular weight excluding hydrogens is 535 g/mol. The molecule has 1 saturated heterocycles. The van der Waals surface area contributed by atoms with Gasteiger partial charge in [0.2, 0.25) is 20.0 Å². The average molecular weight is 557 g/mol. The van der Waals surface area contributed by atoms with Crippen molar-refractivity contribution in [3.63, 3.8) is 0 Å². The molecule has 0 spiro atoms. The molecule has 0 saturated carbocycles. The Hall–Kier alpha value is -2.98. The Morgan fingerprint density at radius 1 is 1.14 bits per heavy atom. The first-order chi connectivity index (χ1) is 16.9. The number of methoxy groups -OCH3 is 1. The first kappa shape index (κ1) is 26.1. The van der Waals surface area contributed by atoms with Crippen molar-refractivity contribution in [3.8, 4) is 0 Å². The molecule has 192 valence electrons. The number of fused-ring (bicyclic) bond motifs is 1. The minimum atomic E-state index is -4.09. The van der Waals surface area contributed by atoms with Gasteiger partial charge in [-0.3, -0.25) is 9.59 Å². The molecule has 0 aliphatic carbocycles. The van der Waals surface area contributed by atoms with Crippen molar-refractivity contribution in [2.24, 2.45) is 10.1 Å². The summed E-state index contributed by atoms with van der Waals surface area (Å²) in [7, 11) is -6.91. The molecule has 0 bridgehead atoms. The largest absolute Gasteiger partial charge is 0.468 e. The molecule has 4 rings (SSSR count). The topological polar surface area (TPSA) is 158 Å². The molecule has 3 aromatic rings. The van der Waals surface area contributed by atoms with Crippen LogP contribution in [0.3, 0.4) is 0 Å². The van der Waals surface area contributed by atoms with Crippen LogP contribution >= 0.6 is 11.3 Å². The van der Waals surface area contributed by atoms with Crippen LogP contribution in [-0.4, -0.2) is 57.3 Å². The quantitative estimate of drug-likeness (QED) is 0.443. The number of rotatable bonds is 6. The van der Waals surface area contributed by atoms with E-state index in [-0.39, 0.29) is 34.1 Å². The Balaban J connectivity index is 1.77. The standard InChI is InChI=1S/C21H21FN4O7S3/c1-33-19(27)12-25-16-9-8-15(35(23,29)30)11-18(16)34-21(25)24-20(28)17-3-2-10-26(17)36(31,32)14-6-4-13(22)5-7-14/h4-9,11,17H,2-3,10,12H2,1H3,(H2,23,29,30). The van der Waals surface area contributed by atoms with E-state index in [9.17, 15) is 30.8 Å². The lowest BCUT2D eigenvalue weighted by Crippen LogP contribution is -2.40. The fourth-order valence-electron chi connectivity index (χ4n) is 3.85. The second-order valence-corrected chi connectivity index (χ2v) is 12.4. The lowest BCUT2D eigenvalue weighted by Gasteiger charge is -2.21. The van der Waals surface area contributed by atoms with Gasteiger partial charge in [-0.05, 0) is 55.3 Å². The minimum Gasteiger partial charge on any atom is -0.468 e. The van der Waals surface area contributed by atoms with E-state index in [0.29, 0.717) is 16.6 Å². The molecule has 1 amide bonds. The Labute approximate surface area is 209 Å². The summed E-state index contributed by atoms with van der Waals surface area (Å²) < 4.78 is 70.5. The fourth-order valence-corrected chi connectivity index (χ4v) is 7.19. The molecule has 0 radical (unpaired) electrons. The maximum atomic E-state index is 13.3. The number of amides is 1. The average Bonchev–Trinajstić information content (AvgIpc) is 3.44. The van der Waals surface area contributed by atoms with Gasteiger partial charge in [0.1, 0.15) is 18.4 Å². The lowest BCUT2D eigenvalue weighted by molar-refractivity contribution is -0.141. The Morgan fingerprint density at radius 3 is 2.44 bits per heavy atom. The summed E-state index contributed by atoms with van der Waals surface area (Å²) in [6, 6.07) is 7.18. The Bertz CT molecular complexity index is 1630. The number of halogens is 1. The molecule has 11 nitrogen and oxygen atoms in total. The van der Waals surface area contributed by atoms with Crippen LogP contribution in [-0.2, 0) is 40.9 Å². The van der Waals surface area contributed by atoms with Crippen molar-refractivity contribution in [2.45, 2.75) is 35.2 Å². The van der Waals surface area contributed by atoms with Gasteiger partial charge in [0.25, 0.3) is 5.91 Å². The van der Waals surface area contributed by atoms with E-state index in [1.807, 2.05) is 0 Å². The van der Waals surface area contributed by atoms with Crippen LogP contribution in [0.25, 0.3) is 10.2 Å². The lowest BCUT2D eigenvalue weighted by atomic mass is 10.2. The maximum absolute atomic E-state index is 13.3. The molecule has 1 fully saturated rings. The van der Waals surface area contributed by atoms with Crippen LogP contribution in [0.2, 0.25) is 0 Å². The predicted molar refractivity (Wildman–Crippen MR) is 127 cm³/mol. The number of hydrogen-bond donors (Lipinski definition) is 1. The van der Waals surface area contributed by atoms with Crippen LogP contribution in [0.1, 0.15) is 12.8 Å². The highest BCUT2D eigenvalue weighted by Crippen LogP contribution is 2.27. The van der Waals surface area contributed by atoms with Crippen LogP contribution < -0.4 is 9.94 Å². The van der Waals surface area contributed by atoms with Gasteiger partial charge in [-0.15, -0.1) is 0 Å². The highest BCUT2D eigenvalue weighted by atomic mass is 32.2. The number of nitrogens with zero attached hydrogens (tertiary/aromatic N) is 3. The van der Waals surface area contributed by atoms with E-state index < -0.39 is 43.8 Å². The predicted octanol–water partition coefficient (Wildman–Crippen LogP) is 0.943. The number of hydrogen-bond acceptors (Lipinski definition) is 8. The second-order valence-electron chi connectivity index (χ2n) is 7.90. The number of aromatic nitrogens is 1. The van der Waals surface area contributed by atoms with Crippen molar-refractivity contribution < 1.29 is 35.6 Å². The summed E-state index contributed by atoms with van der Waals surface area (Å²) in [5.74, 6) is -1.99. The van der Waals surface area contributed by atoms with Gasteiger partial charge in [-0.2, -0.15) is 9.30 Å². The van der Waals surface area contributed by atoms with Gasteiger partial charge in [-0.25, -0.2) is 26.4 Å². The van der Waals surface area contributed by atoms with E-state index in [1.54, 1.807) is 0 Å². The molecule has 2 heterocycles. The number of ether oxygens (including phenoxy) is 1. The van der Waals surface area contributed by atoms with Crippen LogP contribution in [0.4, 0.5) is 4.39 Å². The number of primary sulfonamides is 1. The van der Waals surface area contributed by atoms with E-state index in [1.165, 1.54) is 29.9 Å². The third-order valence-corrected chi connectivity index (χ3v) is 9.49. The summed E-state index contributed by atoms with van der Waals surface area (Å²) >= 11 is 0.939. The van der Waals surface area contributed by atoms with E-state index in [2.05, 4.69) is 4.99 Å². The van der Waals surface area contributed by atoms with Crippen molar-refractivity contribution in [1.82, 2.24) is 8.87 Å². The van der Waals surface area contributed by atoms with Crippen LogP contribution in [0.5, 0.6) is 0 Å². The monoisotopic (exact) mass is 556 g/mol. The number of esters is 1. The van der Waals surface area contributed by atoms with E-state index in [4.69, 9.17) is 9.88 Å². The van der Waals surface area contributed by atoms with Gasteiger partial charge < -0.3 is 9.30 Å². The molecule has 1 unspecified atom stereocenters. The van der Waals surface area contributed by atoms with E-state index in [0.717, 1.165) is 39.9 Å². The third kappa shape index (κ3) is 5.10. The molecule has 1 aromatic heterocycles. The van der Waals surface area contributed by atoms with Crippen LogP contribution in [0.15, 0.2) is 57.2 Å². The minimum absolute atomic E-state index is 0.0537. The molecule has 1 atom stereocenters. The molecule has 36 heavy (non-hydrogen) atoms. The zero-order valence-electron chi connectivity index (χ0n) is 18.8. The Morgan fingerprint density at radius 2 is 1.81 bits per heavy atom. The van der Waals surface area contributed by atoms with Gasteiger partial charge in [0.15, 0.2) is 4.80 Å². The molecule has 1 aliphatic rings. The van der Waals surface area contributed by atoms with Gasteiger partial charge in [-0.1, -0.05) is 11.3 Å². The number of sulfonamides is 2. The summed E-state index contributed by atoms with van der Waals surface area (Å²) in [5.41, 5.74) is 0.409. The third-order valence-electron chi connectivity index (χ3n) is 5.61. The molecular formula is C21H21FN4O7S3. The van der Waals surface area contributed by atoms with Gasteiger partial charge in [0, 0.05) is 6.54 Å². The van der Waals surface area contributed by atoms with Gasteiger partial charge >= 0.3 is 5.97 Å². The van der Waals surface area contributed by atoms with Crippen molar-refractivity contribution in [2.75, 3.05) is 13.7 Å². The first-order valence-corrected chi connectivity index (χ1v) is 14.3. The summed E-state index contributed by atoms with van der Waals surface area (Å²) in [5, 5.41) is 5.21. The van der Waals surface area contributed by atoms with Gasteiger partial charge in [0.05, 0.1) is 27.1 Å². The summed E-state index contributed by atoms with van der Waals surface area (Å²) in [6.07, 6.45) is 0.638. The molecule has 2 N–H and O–H groups in total. The van der Waals surface area contributed by atoms with Crippen LogP contribution in [0, 0.1) is 5.82 Å². The highest BCUT2D eigenvalue weighted by Gasteiger charge is 2.39. The zero-order chi connectivity index (χ0) is 26.3. The number of carbonyl (C=O) groups excluding carboxylic acids is 2. The normalized spacial score (nSPS) is 17.5. The second kappa shape index (κ2) is 9.82. The fraction of sp³-hybridized carbons (Fsp3) is 0.286. The van der Waals surface area contributed by atoms with E-state index >= 15 is 0 Å². The number of nitrogens with two attached hydrogens (primary N) is 1. The Kier molecular flexibility index (Phi) is 7.12. The smallest absolute Gasteiger partial charge is 0.325 e. The number of thiazole rings is 1. The first-order valence-electron chi connectivity index (χ1n) is 10.5. The number of benzene rings is 2. The summed E-state index contributed by atoms with van der Waals surface area (Å²) in [4.78, 5) is 29.1. The summed E-state index contributed by atoms with van der Waals surface area (Å²) in [6.45, 7) is -0.239. The zero-order valence-corrected chi connectivity index (χ0v) is 21.3. The molecule has 1 aliphatic heterocycles. The maximum Gasteiger partial charge on any atom is 0.325 e. The number of carbonyl (C=O) groups is 2. The van der Waals surface area contributed by atoms with Crippen molar-refractivity contribution in [1.29, 1.82) is 0 Å². The molecule has 2 aromatic carbocycles. The van der Waals surface area contributed by atoms with Crippen molar-refractivity contribution >= 4 is 53.5 Å².